The van der Waals surface area contributed by atoms with Gasteiger partial charge in [-0.2, -0.15) is 0 Å². The summed E-state index contributed by atoms with van der Waals surface area (Å²) in [5.74, 6) is 0.378. The summed E-state index contributed by atoms with van der Waals surface area (Å²) in [5, 5.41) is 12.4. The molecular formula is C13H16N2O3S. The first kappa shape index (κ1) is 13.6. The standard InChI is InChI=1S/C13H16N2O3S/c1-7(6-16)15-13(17)12-11(14)10-8(18-2)4-3-5-9(10)19-12/h3-5,7,16H,6,14H2,1-2H3,(H,15,17). The van der Waals surface area contributed by atoms with E-state index in [0.29, 0.717) is 16.3 Å². The van der Waals surface area contributed by atoms with Crippen LogP contribution in [0.5, 0.6) is 5.75 Å². The molecule has 0 bridgehead atoms. The zero-order valence-corrected chi connectivity index (χ0v) is 11.6. The third kappa shape index (κ3) is 2.50. The van der Waals surface area contributed by atoms with Gasteiger partial charge in [0.1, 0.15) is 10.6 Å². The predicted molar refractivity (Wildman–Crippen MR) is 76.8 cm³/mol. The van der Waals surface area contributed by atoms with Crippen molar-refractivity contribution in [3.8, 4) is 5.75 Å². The summed E-state index contributed by atoms with van der Waals surface area (Å²) in [6.07, 6.45) is 0. The van der Waals surface area contributed by atoms with Crippen LogP contribution in [0.2, 0.25) is 0 Å². The normalized spacial score (nSPS) is 12.4. The molecule has 0 fully saturated rings. The monoisotopic (exact) mass is 280 g/mol. The van der Waals surface area contributed by atoms with Gasteiger partial charge in [0.05, 0.1) is 24.8 Å². The number of aliphatic hydroxyl groups is 1. The van der Waals surface area contributed by atoms with Crippen molar-refractivity contribution >= 4 is 33.0 Å². The highest BCUT2D eigenvalue weighted by molar-refractivity contribution is 7.21. The second-order valence-electron chi connectivity index (χ2n) is 4.24. The van der Waals surface area contributed by atoms with Crippen molar-refractivity contribution in [2.24, 2.45) is 0 Å². The number of carbonyl (C=O) groups is 1. The molecule has 0 saturated heterocycles. The molecule has 6 heteroatoms. The average Bonchev–Trinajstić information content (AvgIpc) is 2.76. The van der Waals surface area contributed by atoms with E-state index in [9.17, 15) is 4.79 Å². The van der Waals surface area contributed by atoms with Gasteiger partial charge in [-0.25, -0.2) is 0 Å². The number of fused-ring (bicyclic) bond motifs is 1. The lowest BCUT2D eigenvalue weighted by Gasteiger charge is -2.09. The lowest BCUT2D eigenvalue weighted by Crippen LogP contribution is -2.34. The van der Waals surface area contributed by atoms with Gasteiger partial charge >= 0.3 is 0 Å². The molecule has 0 saturated carbocycles. The first-order valence-electron chi connectivity index (χ1n) is 5.85. The summed E-state index contributed by atoms with van der Waals surface area (Å²) < 4.78 is 6.16. The van der Waals surface area contributed by atoms with Crippen LogP contribution in [-0.4, -0.2) is 30.8 Å². The van der Waals surface area contributed by atoms with Crippen molar-refractivity contribution in [1.29, 1.82) is 0 Å². The molecule has 1 heterocycles. The maximum absolute atomic E-state index is 12.1. The molecule has 0 aliphatic carbocycles. The van der Waals surface area contributed by atoms with Crippen LogP contribution in [0.25, 0.3) is 10.1 Å². The molecule has 1 unspecified atom stereocenters. The number of thiophene rings is 1. The second kappa shape index (κ2) is 5.46. The number of hydrogen-bond acceptors (Lipinski definition) is 5. The highest BCUT2D eigenvalue weighted by Gasteiger charge is 2.19. The number of rotatable bonds is 4. The number of aliphatic hydroxyl groups excluding tert-OH is 1. The second-order valence-corrected chi connectivity index (χ2v) is 5.29. The smallest absolute Gasteiger partial charge is 0.263 e. The van der Waals surface area contributed by atoms with E-state index in [4.69, 9.17) is 15.6 Å². The summed E-state index contributed by atoms with van der Waals surface area (Å²) in [6.45, 7) is 1.61. The van der Waals surface area contributed by atoms with Crippen LogP contribution >= 0.6 is 11.3 Å². The predicted octanol–water partition coefficient (Wildman–Crippen LogP) is 1.60. The molecular weight excluding hydrogens is 264 g/mol. The molecule has 1 aromatic carbocycles. The van der Waals surface area contributed by atoms with Gasteiger partial charge in [0.15, 0.2) is 0 Å². The van der Waals surface area contributed by atoms with E-state index in [1.807, 2.05) is 18.2 Å². The van der Waals surface area contributed by atoms with Crippen LogP contribution in [0.1, 0.15) is 16.6 Å². The van der Waals surface area contributed by atoms with Gasteiger partial charge in [-0.05, 0) is 19.1 Å². The zero-order chi connectivity index (χ0) is 14.0. The van der Waals surface area contributed by atoms with Crippen LogP contribution in [0.3, 0.4) is 0 Å². The van der Waals surface area contributed by atoms with Gasteiger partial charge in [0.25, 0.3) is 5.91 Å². The summed E-state index contributed by atoms with van der Waals surface area (Å²) in [7, 11) is 1.57. The van der Waals surface area contributed by atoms with Gasteiger partial charge in [-0.1, -0.05) is 6.07 Å². The Morgan fingerprint density at radius 1 is 1.58 bits per heavy atom. The summed E-state index contributed by atoms with van der Waals surface area (Å²) in [6, 6.07) is 5.25. The largest absolute Gasteiger partial charge is 0.496 e. The average molecular weight is 280 g/mol. The Balaban J connectivity index is 2.45. The quantitative estimate of drug-likeness (QED) is 0.794. The van der Waals surface area contributed by atoms with Crippen LogP contribution in [0.4, 0.5) is 5.69 Å². The Bertz CT molecular complexity index is 609. The molecule has 102 valence electrons. The van der Waals surface area contributed by atoms with E-state index in [1.165, 1.54) is 11.3 Å². The lowest BCUT2D eigenvalue weighted by molar-refractivity contribution is 0.0927. The van der Waals surface area contributed by atoms with E-state index in [2.05, 4.69) is 5.32 Å². The molecule has 4 N–H and O–H groups in total. The minimum absolute atomic E-state index is 0.111. The van der Waals surface area contributed by atoms with Crippen LogP contribution in [0.15, 0.2) is 18.2 Å². The van der Waals surface area contributed by atoms with Crippen molar-refractivity contribution in [2.75, 3.05) is 19.5 Å². The molecule has 19 heavy (non-hydrogen) atoms. The highest BCUT2D eigenvalue weighted by Crippen LogP contribution is 2.39. The number of anilines is 1. The topological polar surface area (TPSA) is 84.6 Å². The Morgan fingerprint density at radius 3 is 2.95 bits per heavy atom. The molecule has 0 radical (unpaired) electrons. The van der Waals surface area contributed by atoms with Crippen molar-refractivity contribution in [3.05, 3.63) is 23.1 Å². The fourth-order valence-electron chi connectivity index (χ4n) is 1.81. The SMILES string of the molecule is COc1cccc2sc(C(=O)NC(C)CO)c(N)c12. The zero-order valence-electron chi connectivity index (χ0n) is 10.8. The number of amides is 1. The van der Waals surface area contributed by atoms with Gasteiger partial charge in [0.2, 0.25) is 0 Å². The molecule has 1 aromatic heterocycles. The molecule has 5 nitrogen and oxygen atoms in total. The lowest BCUT2D eigenvalue weighted by atomic mass is 10.2. The number of nitrogens with two attached hydrogens (primary N) is 1. The Labute approximate surface area is 115 Å². The molecule has 1 atom stereocenters. The number of ether oxygens (including phenoxy) is 1. The summed E-state index contributed by atoms with van der Waals surface area (Å²) in [5.41, 5.74) is 6.46. The van der Waals surface area contributed by atoms with Crippen molar-refractivity contribution in [1.82, 2.24) is 5.32 Å². The van der Waals surface area contributed by atoms with Crippen LogP contribution in [0, 0.1) is 0 Å². The first-order chi connectivity index (χ1) is 9.08. The van der Waals surface area contributed by atoms with Crippen molar-refractivity contribution in [3.63, 3.8) is 0 Å². The fraction of sp³-hybridized carbons (Fsp3) is 0.308. The Hall–Kier alpha value is -1.79. The molecule has 2 aromatic rings. The molecule has 0 aliphatic rings. The van der Waals surface area contributed by atoms with Gasteiger partial charge in [0, 0.05) is 10.7 Å². The molecule has 2 rings (SSSR count). The van der Waals surface area contributed by atoms with Crippen LogP contribution in [-0.2, 0) is 0 Å². The Kier molecular flexibility index (Phi) is 3.92. The molecule has 0 aliphatic heterocycles. The summed E-state index contributed by atoms with van der Waals surface area (Å²) in [4.78, 5) is 12.5. The third-order valence-electron chi connectivity index (χ3n) is 2.79. The Morgan fingerprint density at radius 2 is 2.32 bits per heavy atom. The van der Waals surface area contributed by atoms with E-state index in [0.717, 1.165) is 10.1 Å². The number of benzene rings is 1. The molecule has 0 spiro atoms. The van der Waals surface area contributed by atoms with E-state index >= 15 is 0 Å². The maximum atomic E-state index is 12.1. The van der Waals surface area contributed by atoms with Gasteiger partial charge < -0.3 is 20.9 Å². The number of carbonyl (C=O) groups excluding carboxylic acids is 1. The first-order valence-corrected chi connectivity index (χ1v) is 6.66. The molecule has 1 amide bonds. The van der Waals surface area contributed by atoms with Gasteiger partial charge in [-0.15, -0.1) is 11.3 Å². The minimum atomic E-state index is -0.306. The number of methoxy groups -OCH3 is 1. The number of hydrogen-bond donors (Lipinski definition) is 3. The van der Waals surface area contributed by atoms with E-state index in [-0.39, 0.29) is 18.6 Å². The number of nitrogens with one attached hydrogen (secondary N) is 1. The third-order valence-corrected chi connectivity index (χ3v) is 3.96. The summed E-state index contributed by atoms with van der Waals surface area (Å²) >= 11 is 1.32. The highest BCUT2D eigenvalue weighted by atomic mass is 32.1. The maximum Gasteiger partial charge on any atom is 0.263 e. The number of nitrogen functional groups attached to an aromatic ring is 1. The van der Waals surface area contributed by atoms with Gasteiger partial charge in [-0.3, -0.25) is 4.79 Å². The van der Waals surface area contributed by atoms with E-state index in [1.54, 1.807) is 14.0 Å². The minimum Gasteiger partial charge on any atom is -0.496 e. The van der Waals surface area contributed by atoms with Crippen molar-refractivity contribution < 1.29 is 14.6 Å². The van der Waals surface area contributed by atoms with E-state index < -0.39 is 0 Å². The van der Waals surface area contributed by atoms with Crippen molar-refractivity contribution in [2.45, 2.75) is 13.0 Å². The van der Waals surface area contributed by atoms with Crippen LogP contribution < -0.4 is 15.8 Å². The fourth-order valence-corrected chi connectivity index (χ4v) is 2.86.